The van der Waals surface area contributed by atoms with E-state index in [1.165, 1.54) is 0 Å². The molecule has 0 saturated heterocycles. The van der Waals surface area contributed by atoms with Gasteiger partial charge in [0.25, 0.3) is 5.91 Å². The number of carbonyl (C=O) groups is 1. The molecule has 33 heavy (non-hydrogen) atoms. The van der Waals surface area contributed by atoms with Gasteiger partial charge in [-0.15, -0.1) is 0 Å². The van der Waals surface area contributed by atoms with Crippen LogP contribution in [0.15, 0.2) is 47.9 Å². The second-order valence-electron chi connectivity index (χ2n) is 7.74. The quantitative estimate of drug-likeness (QED) is 0.312. The van der Waals surface area contributed by atoms with E-state index in [0.717, 1.165) is 5.56 Å². The number of methoxy groups -OCH3 is 1. The zero-order chi connectivity index (χ0) is 24.0. The molecule has 2 unspecified atom stereocenters. The average Bonchev–Trinajstić information content (AvgIpc) is 2.76. The minimum absolute atomic E-state index is 0.0685. The normalized spacial score (nSPS) is 16.7. The third-order valence-electron chi connectivity index (χ3n) is 4.97. The number of hydrogen-bond donors (Lipinski definition) is 4. The van der Waals surface area contributed by atoms with Gasteiger partial charge in [-0.05, 0) is 32.0 Å². The van der Waals surface area contributed by atoms with E-state index in [1.807, 2.05) is 19.9 Å². The average molecular weight is 491 g/mol. The number of aromatic nitrogens is 1. The number of aromatic hydroxyl groups is 1. The molecular formula is C23H27ClN4O4S. The van der Waals surface area contributed by atoms with Crippen LogP contribution >= 0.6 is 23.8 Å². The summed E-state index contributed by atoms with van der Waals surface area (Å²) in [7, 11) is 1.62. The van der Waals surface area contributed by atoms with Gasteiger partial charge in [-0.1, -0.05) is 29.9 Å². The Morgan fingerprint density at radius 1 is 1.42 bits per heavy atom. The molecule has 0 saturated carbocycles. The van der Waals surface area contributed by atoms with Gasteiger partial charge in [0.2, 0.25) is 0 Å². The topological polar surface area (TPSA) is 105 Å². The van der Waals surface area contributed by atoms with E-state index >= 15 is 0 Å². The highest BCUT2D eigenvalue weighted by Crippen LogP contribution is 2.32. The predicted octanol–water partition coefficient (Wildman–Crippen LogP) is 3.55. The molecule has 0 radical (unpaired) electrons. The number of amides is 1. The Morgan fingerprint density at radius 2 is 2.21 bits per heavy atom. The first-order valence-corrected chi connectivity index (χ1v) is 11.2. The molecule has 2 heterocycles. The molecule has 1 aliphatic rings. The van der Waals surface area contributed by atoms with Gasteiger partial charge in [0.1, 0.15) is 16.8 Å². The molecule has 1 aliphatic heterocycles. The van der Waals surface area contributed by atoms with Gasteiger partial charge >= 0.3 is 0 Å². The number of rotatable bonds is 9. The zero-order valence-electron chi connectivity index (χ0n) is 18.6. The Morgan fingerprint density at radius 3 is 2.97 bits per heavy atom. The number of pyridine rings is 1. The first-order chi connectivity index (χ1) is 15.8. The van der Waals surface area contributed by atoms with Gasteiger partial charge in [0.15, 0.2) is 5.75 Å². The highest BCUT2D eigenvalue weighted by molar-refractivity contribution is 7.81. The summed E-state index contributed by atoms with van der Waals surface area (Å²) in [5.74, 6) is 0.203. The smallest absolute Gasteiger partial charge is 0.256 e. The van der Waals surface area contributed by atoms with Gasteiger partial charge in [-0.3, -0.25) is 9.78 Å². The summed E-state index contributed by atoms with van der Waals surface area (Å²) >= 11 is 11.5. The van der Waals surface area contributed by atoms with Crippen LogP contribution in [0.25, 0.3) is 0 Å². The van der Waals surface area contributed by atoms with Crippen molar-refractivity contribution >= 4 is 40.4 Å². The van der Waals surface area contributed by atoms with E-state index in [-0.39, 0.29) is 33.8 Å². The van der Waals surface area contributed by atoms with Crippen molar-refractivity contribution in [1.82, 2.24) is 15.6 Å². The van der Waals surface area contributed by atoms with Crippen LogP contribution in [0.2, 0.25) is 5.02 Å². The monoisotopic (exact) mass is 490 g/mol. The van der Waals surface area contributed by atoms with Crippen LogP contribution in [0.1, 0.15) is 25.8 Å². The second kappa shape index (κ2) is 11.3. The van der Waals surface area contributed by atoms with E-state index in [4.69, 9.17) is 33.3 Å². The molecule has 1 amide bonds. The number of hydrogen-bond acceptors (Lipinski definition) is 7. The molecule has 8 nitrogen and oxygen atoms in total. The second-order valence-corrected chi connectivity index (χ2v) is 8.56. The lowest BCUT2D eigenvalue weighted by Gasteiger charge is -2.27. The predicted molar refractivity (Wildman–Crippen MR) is 132 cm³/mol. The largest absolute Gasteiger partial charge is 0.504 e. The van der Waals surface area contributed by atoms with E-state index in [9.17, 15) is 9.90 Å². The molecule has 0 spiro atoms. The molecule has 176 valence electrons. The third kappa shape index (κ3) is 6.34. The minimum Gasteiger partial charge on any atom is -0.504 e. The van der Waals surface area contributed by atoms with Crippen molar-refractivity contribution < 1.29 is 19.4 Å². The van der Waals surface area contributed by atoms with Crippen LogP contribution < -0.4 is 20.7 Å². The lowest BCUT2D eigenvalue weighted by Crippen LogP contribution is -2.44. The maximum absolute atomic E-state index is 12.8. The fourth-order valence-corrected chi connectivity index (χ4v) is 3.94. The molecule has 10 heteroatoms. The SMILES string of the molecule is COCC(C)Oc1cnccc1CNC1=C(C(=S)Nc2cccc(Cl)c2O)C(=O)NC(C)C1. The highest BCUT2D eigenvalue weighted by Gasteiger charge is 2.28. The van der Waals surface area contributed by atoms with Crippen molar-refractivity contribution in [3.8, 4) is 11.5 Å². The van der Waals surface area contributed by atoms with Gasteiger partial charge < -0.3 is 30.5 Å². The fourth-order valence-electron chi connectivity index (χ4n) is 3.44. The van der Waals surface area contributed by atoms with Crippen molar-refractivity contribution in [2.45, 2.75) is 39.0 Å². The molecule has 1 aromatic carbocycles. The van der Waals surface area contributed by atoms with Crippen molar-refractivity contribution in [3.05, 3.63) is 58.5 Å². The number of para-hydroxylation sites is 1. The Bertz CT molecular complexity index is 1060. The van der Waals surface area contributed by atoms with Crippen LogP contribution in [0.5, 0.6) is 11.5 Å². The molecule has 0 bridgehead atoms. The molecule has 0 aliphatic carbocycles. The van der Waals surface area contributed by atoms with Gasteiger partial charge in [0, 0.05) is 43.6 Å². The lowest BCUT2D eigenvalue weighted by atomic mass is 10.0. The number of anilines is 1. The van der Waals surface area contributed by atoms with E-state index in [2.05, 4.69) is 20.9 Å². The van der Waals surface area contributed by atoms with Crippen LogP contribution in [0, 0.1) is 0 Å². The number of ether oxygens (including phenoxy) is 2. The zero-order valence-corrected chi connectivity index (χ0v) is 20.2. The van der Waals surface area contributed by atoms with Crippen LogP contribution in [0.3, 0.4) is 0 Å². The highest BCUT2D eigenvalue weighted by atomic mass is 35.5. The standard InChI is InChI=1S/C23H27ClN4O4S/c1-13-9-18(26-10-15-7-8-25-11-19(15)32-14(2)12-31-3)20(22(30)27-13)23(33)28-17-6-4-5-16(24)21(17)29/h4-8,11,13-14,26,29H,9-10,12H2,1-3H3,(H,27,30)(H,28,33). The number of halogens is 1. The Kier molecular flexibility index (Phi) is 8.49. The summed E-state index contributed by atoms with van der Waals surface area (Å²) in [6.07, 6.45) is 3.76. The number of carbonyl (C=O) groups excluding carboxylic acids is 1. The van der Waals surface area contributed by atoms with Gasteiger partial charge in [0.05, 0.1) is 29.1 Å². The number of nitrogens with zero attached hydrogens (tertiary/aromatic N) is 1. The summed E-state index contributed by atoms with van der Waals surface area (Å²) in [5, 5.41) is 19.6. The van der Waals surface area contributed by atoms with Crippen LogP contribution in [0.4, 0.5) is 5.69 Å². The molecule has 2 aromatic rings. The number of phenolic OH excluding ortho intramolecular Hbond substituents is 1. The van der Waals surface area contributed by atoms with Crippen LogP contribution in [-0.2, 0) is 16.1 Å². The Labute approximate surface area is 203 Å². The molecule has 0 fully saturated rings. The Hall–Kier alpha value is -2.88. The summed E-state index contributed by atoms with van der Waals surface area (Å²) in [5.41, 5.74) is 2.21. The van der Waals surface area contributed by atoms with Crippen molar-refractivity contribution in [2.75, 3.05) is 19.0 Å². The summed E-state index contributed by atoms with van der Waals surface area (Å²) in [4.78, 5) is 17.1. The van der Waals surface area contributed by atoms with E-state index in [1.54, 1.807) is 37.7 Å². The summed E-state index contributed by atoms with van der Waals surface area (Å²) in [6, 6.07) is 6.66. The number of benzene rings is 1. The fraction of sp³-hybridized carbons (Fsp3) is 0.348. The van der Waals surface area contributed by atoms with E-state index < -0.39 is 0 Å². The van der Waals surface area contributed by atoms with Crippen molar-refractivity contribution in [2.24, 2.45) is 0 Å². The summed E-state index contributed by atoms with van der Waals surface area (Å²) in [6.45, 7) is 4.69. The number of thiocarbonyl (C=S) groups is 1. The van der Waals surface area contributed by atoms with Gasteiger partial charge in [-0.2, -0.15) is 0 Å². The Balaban J connectivity index is 1.83. The van der Waals surface area contributed by atoms with Crippen molar-refractivity contribution in [1.29, 1.82) is 0 Å². The maximum Gasteiger partial charge on any atom is 0.256 e. The van der Waals surface area contributed by atoms with Gasteiger partial charge in [-0.25, -0.2) is 0 Å². The van der Waals surface area contributed by atoms with Crippen LogP contribution in [-0.4, -0.2) is 46.8 Å². The lowest BCUT2D eigenvalue weighted by molar-refractivity contribution is -0.118. The molecule has 2 atom stereocenters. The number of phenols is 1. The van der Waals surface area contributed by atoms with E-state index in [0.29, 0.717) is 42.3 Å². The maximum atomic E-state index is 12.8. The first-order valence-electron chi connectivity index (χ1n) is 10.4. The summed E-state index contributed by atoms with van der Waals surface area (Å²) < 4.78 is 11.1. The molecule has 1 aromatic heterocycles. The van der Waals surface area contributed by atoms with Crippen molar-refractivity contribution in [3.63, 3.8) is 0 Å². The molecule has 4 N–H and O–H groups in total. The molecule has 3 rings (SSSR count). The number of nitrogens with one attached hydrogen (secondary N) is 3. The molecular weight excluding hydrogens is 464 g/mol. The third-order valence-corrected chi connectivity index (χ3v) is 5.58. The minimum atomic E-state index is -0.296. The first kappa shape index (κ1) is 24.8.